The summed E-state index contributed by atoms with van der Waals surface area (Å²) in [7, 11) is 0. The molecule has 0 aliphatic carbocycles. The molecular formula is C15H11ClF3NO. The van der Waals surface area contributed by atoms with Crippen LogP contribution in [0.15, 0.2) is 54.6 Å². The molecule has 6 heteroatoms. The van der Waals surface area contributed by atoms with Gasteiger partial charge in [0.15, 0.2) is 0 Å². The van der Waals surface area contributed by atoms with Crippen LogP contribution in [-0.4, -0.2) is 10.3 Å². The van der Waals surface area contributed by atoms with E-state index in [4.69, 9.17) is 11.8 Å². The molecule has 21 heavy (non-hydrogen) atoms. The van der Waals surface area contributed by atoms with Gasteiger partial charge in [-0.15, -0.1) is 0 Å². The van der Waals surface area contributed by atoms with Gasteiger partial charge in [0.2, 0.25) is 0 Å². The average molecular weight is 314 g/mol. The molecule has 0 bridgehead atoms. The van der Waals surface area contributed by atoms with Crippen molar-refractivity contribution >= 4 is 17.7 Å². The second kappa shape index (κ2) is 6.18. The van der Waals surface area contributed by atoms with Crippen molar-refractivity contribution in [2.45, 2.75) is 12.7 Å². The summed E-state index contributed by atoms with van der Waals surface area (Å²) in [5, 5.41) is 0. The van der Waals surface area contributed by atoms with E-state index in [9.17, 15) is 18.0 Å². The minimum atomic E-state index is -4.38. The molecule has 0 aliphatic heterocycles. The molecule has 2 aromatic carbocycles. The van der Waals surface area contributed by atoms with Crippen LogP contribution in [0.2, 0.25) is 0 Å². The number of carbonyl (C=O) groups is 1. The molecule has 0 radical (unpaired) electrons. The Labute approximate surface area is 124 Å². The van der Waals surface area contributed by atoms with Crippen molar-refractivity contribution in [1.29, 1.82) is 0 Å². The van der Waals surface area contributed by atoms with Crippen molar-refractivity contribution in [2.24, 2.45) is 0 Å². The van der Waals surface area contributed by atoms with Crippen LogP contribution in [-0.2, 0) is 12.7 Å². The van der Waals surface area contributed by atoms with Crippen molar-refractivity contribution in [2.75, 3.05) is 0 Å². The molecule has 0 saturated carbocycles. The summed E-state index contributed by atoms with van der Waals surface area (Å²) in [4.78, 5) is 12.0. The molecule has 2 rings (SSSR count). The lowest BCUT2D eigenvalue weighted by molar-refractivity contribution is -0.137. The quantitative estimate of drug-likeness (QED) is 0.764. The van der Waals surface area contributed by atoms with Gasteiger partial charge in [-0.05, 0) is 29.8 Å². The summed E-state index contributed by atoms with van der Waals surface area (Å²) in [6, 6.07) is 12.9. The Morgan fingerprint density at radius 3 is 2.10 bits per heavy atom. The Bertz CT molecular complexity index is 611. The molecule has 2 aromatic rings. The first-order chi connectivity index (χ1) is 9.88. The van der Waals surface area contributed by atoms with Crippen LogP contribution in [0, 0.1) is 0 Å². The SMILES string of the molecule is O=C(c1ccccc1)N(Cl)Cc1ccc(C(F)(F)F)cc1. The summed E-state index contributed by atoms with van der Waals surface area (Å²) in [5.74, 6) is -0.405. The highest BCUT2D eigenvalue weighted by Crippen LogP contribution is 2.29. The third-order valence-corrected chi connectivity index (χ3v) is 3.12. The molecule has 0 aliphatic rings. The number of hydrogen-bond donors (Lipinski definition) is 0. The maximum absolute atomic E-state index is 12.4. The molecular weight excluding hydrogens is 303 g/mol. The summed E-state index contributed by atoms with van der Waals surface area (Å²) in [5.41, 5.74) is 0.198. The predicted octanol–water partition coefficient (Wildman–Crippen LogP) is 4.50. The molecule has 110 valence electrons. The standard InChI is InChI=1S/C15H11ClF3NO/c16-20(14(21)12-4-2-1-3-5-12)10-11-6-8-13(9-7-11)15(17,18)19/h1-9H,10H2. The van der Waals surface area contributed by atoms with E-state index in [1.807, 2.05) is 0 Å². The van der Waals surface area contributed by atoms with E-state index in [0.29, 0.717) is 11.1 Å². The van der Waals surface area contributed by atoms with E-state index in [1.54, 1.807) is 30.3 Å². The van der Waals surface area contributed by atoms with Crippen LogP contribution in [0.5, 0.6) is 0 Å². The topological polar surface area (TPSA) is 20.3 Å². The smallest absolute Gasteiger partial charge is 0.268 e. The van der Waals surface area contributed by atoms with Crippen LogP contribution >= 0.6 is 11.8 Å². The van der Waals surface area contributed by atoms with Crippen LogP contribution in [0.3, 0.4) is 0 Å². The Hall–Kier alpha value is -2.01. The molecule has 1 amide bonds. The summed E-state index contributed by atoms with van der Waals surface area (Å²) in [6.45, 7) is 0.0213. The number of rotatable bonds is 3. The van der Waals surface area contributed by atoms with Crippen molar-refractivity contribution in [3.05, 3.63) is 71.3 Å². The summed E-state index contributed by atoms with van der Waals surface area (Å²) in [6.07, 6.45) is -4.38. The predicted molar refractivity (Wildman–Crippen MR) is 73.6 cm³/mol. The lowest BCUT2D eigenvalue weighted by Crippen LogP contribution is -2.21. The maximum Gasteiger partial charge on any atom is 0.416 e. The van der Waals surface area contributed by atoms with E-state index in [0.717, 1.165) is 16.6 Å². The van der Waals surface area contributed by atoms with Crippen LogP contribution in [0.1, 0.15) is 21.5 Å². The van der Waals surface area contributed by atoms with Gasteiger partial charge >= 0.3 is 6.18 Å². The number of alkyl halides is 3. The van der Waals surface area contributed by atoms with Gasteiger partial charge in [0, 0.05) is 17.3 Å². The highest BCUT2D eigenvalue weighted by atomic mass is 35.5. The van der Waals surface area contributed by atoms with Gasteiger partial charge in [-0.3, -0.25) is 4.79 Å². The zero-order valence-corrected chi connectivity index (χ0v) is 11.5. The summed E-state index contributed by atoms with van der Waals surface area (Å²) >= 11 is 5.89. The van der Waals surface area contributed by atoms with Gasteiger partial charge in [-0.25, -0.2) is 4.42 Å². The first kappa shape index (κ1) is 15.4. The molecule has 0 saturated heterocycles. The van der Waals surface area contributed by atoms with E-state index in [-0.39, 0.29) is 6.54 Å². The Kier molecular flexibility index (Phi) is 4.53. The van der Waals surface area contributed by atoms with E-state index in [1.165, 1.54) is 12.1 Å². The molecule has 0 N–H and O–H groups in total. The fraction of sp³-hybridized carbons (Fsp3) is 0.133. The largest absolute Gasteiger partial charge is 0.416 e. The maximum atomic E-state index is 12.4. The highest BCUT2D eigenvalue weighted by Gasteiger charge is 2.30. The third kappa shape index (κ3) is 3.98. The number of benzene rings is 2. The lowest BCUT2D eigenvalue weighted by Gasteiger charge is -2.14. The molecule has 0 fully saturated rings. The van der Waals surface area contributed by atoms with Crippen LogP contribution in [0.25, 0.3) is 0 Å². The fourth-order valence-electron chi connectivity index (χ4n) is 1.75. The van der Waals surface area contributed by atoms with Gasteiger partial charge in [-0.2, -0.15) is 13.2 Å². The lowest BCUT2D eigenvalue weighted by atomic mass is 10.1. The number of carbonyl (C=O) groups excluding carboxylic acids is 1. The summed E-state index contributed by atoms with van der Waals surface area (Å²) < 4.78 is 38.3. The second-order valence-corrected chi connectivity index (χ2v) is 4.79. The first-order valence-corrected chi connectivity index (χ1v) is 6.40. The zero-order chi connectivity index (χ0) is 15.5. The van der Waals surface area contributed by atoms with Crippen LogP contribution < -0.4 is 0 Å². The minimum absolute atomic E-state index is 0.0213. The van der Waals surface area contributed by atoms with E-state index >= 15 is 0 Å². The number of hydrogen-bond acceptors (Lipinski definition) is 1. The molecule has 0 heterocycles. The van der Waals surface area contributed by atoms with Gasteiger partial charge in [0.1, 0.15) is 0 Å². The minimum Gasteiger partial charge on any atom is -0.268 e. The molecule has 0 unspecified atom stereocenters. The van der Waals surface area contributed by atoms with Crippen LogP contribution in [0.4, 0.5) is 13.2 Å². The van der Waals surface area contributed by atoms with Gasteiger partial charge in [-0.1, -0.05) is 30.3 Å². The molecule has 2 nitrogen and oxygen atoms in total. The molecule has 0 atom stereocenters. The Balaban J connectivity index is 2.06. The monoisotopic (exact) mass is 313 g/mol. The van der Waals surface area contributed by atoms with Gasteiger partial charge < -0.3 is 0 Å². The number of nitrogens with zero attached hydrogens (tertiary/aromatic N) is 1. The van der Waals surface area contributed by atoms with Gasteiger partial charge in [0.05, 0.1) is 12.1 Å². The van der Waals surface area contributed by atoms with Crippen molar-refractivity contribution in [3.8, 4) is 0 Å². The molecule has 0 aromatic heterocycles. The zero-order valence-electron chi connectivity index (χ0n) is 10.8. The Morgan fingerprint density at radius 2 is 1.57 bits per heavy atom. The van der Waals surface area contributed by atoms with Crippen molar-refractivity contribution in [1.82, 2.24) is 4.42 Å². The first-order valence-electron chi connectivity index (χ1n) is 6.07. The second-order valence-electron chi connectivity index (χ2n) is 4.39. The van der Waals surface area contributed by atoms with Gasteiger partial charge in [0.25, 0.3) is 5.91 Å². The van der Waals surface area contributed by atoms with Crippen molar-refractivity contribution < 1.29 is 18.0 Å². The number of halogens is 4. The fourth-order valence-corrected chi connectivity index (χ4v) is 1.99. The van der Waals surface area contributed by atoms with Crippen molar-refractivity contribution in [3.63, 3.8) is 0 Å². The van der Waals surface area contributed by atoms with E-state index in [2.05, 4.69) is 0 Å². The van der Waals surface area contributed by atoms with E-state index < -0.39 is 17.6 Å². The molecule has 0 spiro atoms. The Morgan fingerprint density at radius 1 is 1.00 bits per heavy atom. The number of amides is 1. The highest BCUT2D eigenvalue weighted by molar-refractivity contribution is 6.23. The average Bonchev–Trinajstić information content (AvgIpc) is 2.47. The third-order valence-electron chi connectivity index (χ3n) is 2.84. The normalized spacial score (nSPS) is 11.2.